The summed E-state index contributed by atoms with van der Waals surface area (Å²) in [6.07, 6.45) is 0. The van der Waals surface area contributed by atoms with Crippen molar-refractivity contribution in [3.8, 4) is 0 Å². The van der Waals surface area contributed by atoms with Gasteiger partial charge < -0.3 is 0 Å². The zero-order valence-electron chi connectivity index (χ0n) is 4.14. The summed E-state index contributed by atoms with van der Waals surface area (Å²) in [5.41, 5.74) is 1.22. The van der Waals surface area contributed by atoms with E-state index in [2.05, 4.69) is 23.9 Å². The molecule has 0 N–H and O–H groups in total. The van der Waals surface area contributed by atoms with Gasteiger partial charge in [0.2, 0.25) is 0 Å². The third kappa shape index (κ3) is 49.6. The van der Waals surface area contributed by atoms with Gasteiger partial charge in [-0.15, -0.1) is 0 Å². The second-order valence-corrected chi connectivity index (χ2v) is 0.499. The Morgan fingerprint density at radius 3 is 2.00 bits per heavy atom. The molecule has 0 aliphatic rings. The van der Waals surface area contributed by atoms with Gasteiger partial charge in [0.05, 0.1) is 5.49 Å². The molecule has 0 unspecified atom stereocenters. The van der Waals surface area contributed by atoms with Gasteiger partial charge in [0.15, 0.2) is 0 Å². The first-order valence-electron chi connectivity index (χ1n) is 1.81. The van der Waals surface area contributed by atoms with E-state index >= 15 is 0 Å². The number of nitrogens with zero attached hydrogens (tertiary/aromatic N) is 1. The molecule has 2 heteroatoms. The number of hydrogen-bond acceptors (Lipinski definition) is 1. The summed E-state index contributed by atoms with van der Waals surface area (Å²) >= 11 is 4.20. The maximum Gasteiger partial charge on any atom is 0.0890 e. The van der Waals surface area contributed by atoms with Crippen molar-refractivity contribution in [3.63, 3.8) is 0 Å². The molecule has 0 spiro atoms. The topological polar surface area (TPSA) is 12.4 Å². The molecule has 0 amide bonds. The maximum atomic E-state index is 4.20. The van der Waals surface area contributed by atoms with Crippen molar-refractivity contribution in [1.82, 2.24) is 0 Å². The molecular weight excluding hydrogens is 94.1 g/mol. The van der Waals surface area contributed by atoms with Gasteiger partial charge in [-0.3, -0.25) is 4.99 Å². The van der Waals surface area contributed by atoms with Gasteiger partial charge in [-0.1, -0.05) is 26.1 Å². The molecule has 0 heterocycles. The van der Waals surface area contributed by atoms with Crippen LogP contribution in [0.2, 0.25) is 0 Å². The minimum Gasteiger partial charge on any atom is -0.261 e. The number of aliphatic imine (C=N–C) groups is 1. The third-order valence-electron chi connectivity index (χ3n) is 0.0745. The van der Waals surface area contributed by atoms with E-state index in [0.29, 0.717) is 0 Å². The van der Waals surface area contributed by atoms with E-state index in [1.165, 1.54) is 5.49 Å². The molecule has 0 aromatic rings. The standard InChI is InChI=1S/C2H3NS.C2H6.H2/c1-3-2-4;1-2;/h2H,1H2;1-2H3;1H/i;;1+2. The van der Waals surface area contributed by atoms with Crippen LogP contribution in [-0.2, 0) is 0 Å². The molecule has 0 bridgehead atoms. The van der Waals surface area contributed by atoms with Crippen LogP contribution in [0.5, 0.6) is 0 Å². The van der Waals surface area contributed by atoms with E-state index in [4.69, 9.17) is 0 Å². The van der Waals surface area contributed by atoms with Crippen molar-refractivity contribution in [2.75, 3.05) is 0 Å². The molecule has 0 rings (SSSR count). The average Bonchev–Trinajstić information content (AvgIpc) is 1.72. The van der Waals surface area contributed by atoms with Crippen LogP contribution in [0, 0.1) is 0 Å². The molecule has 38 valence electrons. The van der Waals surface area contributed by atoms with Crippen molar-refractivity contribution in [3.05, 3.63) is 0 Å². The van der Waals surface area contributed by atoms with E-state index in [-0.39, 0.29) is 1.43 Å². The lowest BCUT2D eigenvalue weighted by Gasteiger charge is -1.45. The summed E-state index contributed by atoms with van der Waals surface area (Å²) in [6, 6.07) is 0. The Balaban J connectivity index is -0.0000000480. The molecular formula is C4H11NS. The van der Waals surface area contributed by atoms with E-state index in [1.54, 1.807) is 0 Å². The summed E-state index contributed by atoms with van der Waals surface area (Å²) in [5, 5.41) is 0. The Hall–Kier alpha value is -0.240. The number of thiocarbonyl (C=S) groups is 1. The normalized spacial score (nSPS) is 4.33. The van der Waals surface area contributed by atoms with Crippen LogP contribution < -0.4 is 0 Å². The molecule has 0 saturated heterocycles. The lowest BCUT2D eigenvalue weighted by molar-refractivity contribution is 1.50. The van der Waals surface area contributed by atoms with Crippen LogP contribution in [-0.4, -0.2) is 12.2 Å². The largest absolute Gasteiger partial charge is 0.261 e. The Bertz CT molecular complexity index is 32.7. The molecule has 0 aliphatic carbocycles. The lowest BCUT2D eigenvalue weighted by atomic mass is 11.0. The highest BCUT2D eigenvalue weighted by molar-refractivity contribution is 7.78. The minimum absolute atomic E-state index is 0. The van der Waals surface area contributed by atoms with E-state index in [1.807, 2.05) is 13.8 Å². The molecule has 6 heavy (non-hydrogen) atoms. The Morgan fingerprint density at radius 2 is 2.00 bits per heavy atom. The smallest absolute Gasteiger partial charge is 0.0890 e. The van der Waals surface area contributed by atoms with Gasteiger partial charge in [0.25, 0.3) is 0 Å². The van der Waals surface area contributed by atoms with Gasteiger partial charge >= 0.3 is 0 Å². The van der Waals surface area contributed by atoms with Crippen molar-refractivity contribution in [2.24, 2.45) is 4.99 Å². The third-order valence-corrected chi connectivity index (χ3v) is 0.224. The zero-order valence-corrected chi connectivity index (χ0v) is 4.96. The summed E-state index contributed by atoms with van der Waals surface area (Å²) in [6.45, 7) is 7.07. The predicted molar refractivity (Wildman–Crippen MR) is 36.7 cm³/mol. The summed E-state index contributed by atoms with van der Waals surface area (Å²) in [5.74, 6) is 0. The van der Waals surface area contributed by atoms with E-state index < -0.39 is 0 Å². The van der Waals surface area contributed by atoms with Gasteiger partial charge in [-0.25, -0.2) is 0 Å². The molecule has 0 atom stereocenters. The van der Waals surface area contributed by atoms with Crippen molar-refractivity contribution >= 4 is 24.4 Å². The molecule has 0 fully saturated rings. The fraction of sp³-hybridized carbons (Fsp3) is 0.500. The van der Waals surface area contributed by atoms with Crippen LogP contribution >= 0.6 is 12.2 Å². The second kappa shape index (κ2) is 21.7. The fourth-order valence-corrected chi connectivity index (χ4v) is 0. The molecule has 0 saturated carbocycles. The summed E-state index contributed by atoms with van der Waals surface area (Å²) < 4.78 is 0. The van der Waals surface area contributed by atoms with Crippen molar-refractivity contribution in [1.29, 1.82) is 0 Å². The van der Waals surface area contributed by atoms with Gasteiger partial charge in [-0.2, -0.15) is 0 Å². The second-order valence-electron chi connectivity index (χ2n) is 0.288. The van der Waals surface area contributed by atoms with Crippen molar-refractivity contribution < 1.29 is 1.43 Å². The van der Waals surface area contributed by atoms with E-state index in [0.717, 1.165) is 0 Å². The highest BCUT2D eigenvalue weighted by Crippen LogP contribution is 1.42. The molecule has 0 aliphatic heterocycles. The van der Waals surface area contributed by atoms with Crippen LogP contribution in [0.1, 0.15) is 15.3 Å². The van der Waals surface area contributed by atoms with Crippen LogP contribution in [0.3, 0.4) is 0 Å². The van der Waals surface area contributed by atoms with Crippen LogP contribution in [0.25, 0.3) is 0 Å². The van der Waals surface area contributed by atoms with Crippen molar-refractivity contribution in [2.45, 2.75) is 13.8 Å². The fourth-order valence-electron chi connectivity index (χ4n) is 0. The monoisotopic (exact) mass is 107 g/mol. The van der Waals surface area contributed by atoms with Gasteiger partial charge in [0, 0.05) is 1.43 Å². The highest BCUT2D eigenvalue weighted by atomic mass is 32.1. The Labute approximate surface area is 45.6 Å². The van der Waals surface area contributed by atoms with Crippen LogP contribution in [0.4, 0.5) is 0 Å². The van der Waals surface area contributed by atoms with Gasteiger partial charge in [0.1, 0.15) is 0 Å². The Morgan fingerprint density at radius 1 is 1.83 bits per heavy atom. The van der Waals surface area contributed by atoms with Gasteiger partial charge in [-0.05, 0) is 6.72 Å². The average molecular weight is 107 g/mol. The lowest BCUT2D eigenvalue weighted by Crippen LogP contribution is -1.40. The number of hydrogen-bond donors (Lipinski definition) is 0. The molecule has 1 nitrogen and oxygen atoms in total. The first kappa shape index (κ1) is 9.23. The highest BCUT2D eigenvalue weighted by Gasteiger charge is 1.30. The quantitative estimate of drug-likeness (QED) is 0.368. The first-order valence-corrected chi connectivity index (χ1v) is 2.28. The molecule has 0 aromatic heterocycles. The minimum atomic E-state index is 0. The van der Waals surface area contributed by atoms with E-state index in [9.17, 15) is 0 Å². The predicted octanol–water partition coefficient (Wildman–Crippen LogP) is 1.92. The van der Waals surface area contributed by atoms with Crippen LogP contribution in [0.15, 0.2) is 4.99 Å². The molecule has 0 aromatic carbocycles. The number of rotatable bonds is 1. The molecule has 0 radical (unpaired) electrons. The maximum absolute atomic E-state index is 4.20. The zero-order chi connectivity index (χ0) is 5.41. The SMILES string of the molecule is C=NC=S.CC.[3HH]. The summed E-state index contributed by atoms with van der Waals surface area (Å²) in [4.78, 5) is 3.18. The first-order chi connectivity index (χ1) is 2.91. The Kier molecular flexibility index (Phi) is 33.4. The summed E-state index contributed by atoms with van der Waals surface area (Å²) in [7, 11) is 0.